The van der Waals surface area contributed by atoms with Gasteiger partial charge in [0.2, 0.25) is 0 Å². The summed E-state index contributed by atoms with van der Waals surface area (Å²) in [4.78, 5) is 0. The van der Waals surface area contributed by atoms with Crippen molar-refractivity contribution in [3.8, 4) is 11.5 Å². The lowest BCUT2D eigenvalue weighted by Gasteiger charge is -2.47. The van der Waals surface area contributed by atoms with Crippen LogP contribution in [0.3, 0.4) is 0 Å². The van der Waals surface area contributed by atoms with Gasteiger partial charge in [-0.1, -0.05) is 23.8 Å². The smallest absolute Gasteiger partial charge is 0.127 e. The number of alkyl halides is 1. The molecule has 0 saturated heterocycles. The van der Waals surface area contributed by atoms with Crippen LogP contribution in [0.5, 0.6) is 11.5 Å². The van der Waals surface area contributed by atoms with E-state index in [1.165, 1.54) is 5.57 Å². The Morgan fingerprint density at radius 1 is 1.32 bits per heavy atom. The van der Waals surface area contributed by atoms with Crippen LogP contribution in [0.25, 0.3) is 0 Å². The fraction of sp³-hybridized carbons (Fsp3) is 0.545. The number of unbranched alkanes of at least 4 members (excludes halogenated alkanes) is 1. The summed E-state index contributed by atoms with van der Waals surface area (Å²) in [7, 11) is 0. The minimum absolute atomic E-state index is 0.239. The summed E-state index contributed by atoms with van der Waals surface area (Å²) in [5.41, 5.74) is 3.16. The van der Waals surface area contributed by atoms with Gasteiger partial charge in [0.15, 0.2) is 0 Å². The summed E-state index contributed by atoms with van der Waals surface area (Å²) < 4.78 is 18.5. The molecule has 0 bridgehead atoms. The largest absolute Gasteiger partial charge is 0.508 e. The number of aromatic hydroxyl groups is 1. The molecule has 136 valence electrons. The van der Waals surface area contributed by atoms with Crippen LogP contribution in [0.2, 0.25) is 0 Å². The average Bonchev–Trinajstić information content (AvgIpc) is 2.53. The summed E-state index contributed by atoms with van der Waals surface area (Å²) in [6, 6.07) is 3.94. The third kappa shape index (κ3) is 3.75. The van der Waals surface area contributed by atoms with E-state index in [4.69, 9.17) is 4.74 Å². The highest BCUT2D eigenvalue weighted by molar-refractivity contribution is 5.53. The molecule has 1 heterocycles. The average molecular weight is 344 g/mol. The molecule has 1 aromatic carbocycles. The maximum absolute atomic E-state index is 12.1. The van der Waals surface area contributed by atoms with Crippen molar-refractivity contribution in [2.45, 2.75) is 64.4 Å². The lowest BCUT2D eigenvalue weighted by molar-refractivity contribution is 0.00754. The monoisotopic (exact) mass is 344 g/mol. The number of hydrogen-bond acceptors (Lipinski definition) is 2. The van der Waals surface area contributed by atoms with Crippen molar-refractivity contribution in [3.05, 3.63) is 47.1 Å². The Morgan fingerprint density at radius 3 is 2.88 bits per heavy atom. The molecule has 25 heavy (non-hydrogen) atoms. The second kappa shape index (κ2) is 7.23. The van der Waals surface area contributed by atoms with Gasteiger partial charge in [0.25, 0.3) is 0 Å². The second-order valence-electron chi connectivity index (χ2n) is 7.94. The number of phenolic OH excluding ortho intramolecular Hbond substituents is 1. The molecule has 0 spiro atoms. The van der Waals surface area contributed by atoms with E-state index in [1.807, 2.05) is 18.2 Å². The van der Waals surface area contributed by atoms with E-state index in [0.717, 1.165) is 42.6 Å². The Morgan fingerprint density at radius 2 is 2.12 bits per heavy atom. The van der Waals surface area contributed by atoms with Gasteiger partial charge in [-0.15, -0.1) is 0 Å². The molecule has 2 unspecified atom stereocenters. The normalized spacial score (nSPS) is 24.4. The van der Waals surface area contributed by atoms with E-state index in [2.05, 4.69) is 32.9 Å². The number of ether oxygens (including phenoxy) is 1. The molecule has 1 aliphatic heterocycles. The van der Waals surface area contributed by atoms with Crippen molar-refractivity contribution in [1.29, 1.82) is 0 Å². The highest BCUT2D eigenvalue weighted by atomic mass is 19.1. The zero-order valence-electron chi connectivity index (χ0n) is 15.5. The van der Waals surface area contributed by atoms with Crippen LogP contribution in [-0.4, -0.2) is 17.4 Å². The van der Waals surface area contributed by atoms with Gasteiger partial charge in [-0.3, -0.25) is 4.39 Å². The van der Waals surface area contributed by atoms with Gasteiger partial charge in [-0.2, -0.15) is 0 Å². The van der Waals surface area contributed by atoms with Crippen LogP contribution in [0.4, 0.5) is 4.39 Å². The van der Waals surface area contributed by atoms with E-state index in [-0.39, 0.29) is 12.3 Å². The SMILES string of the molecule is CC1=CCC2C(C1)c1c(O)cc(C/C=C/CCCF)cc1OC2(C)C. The Hall–Kier alpha value is -1.77. The molecule has 2 aliphatic rings. The Balaban J connectivity index is 1.88. The molecular formula is C22H29FO2. The third-order valence-corrected chi connectivity index (χ3v) is 5.59. The molecule has 0 saturated carbocycles. The molecule has 1 aromatic rings. The fourth-order valence-corrected chi connectivity index (χ4v) is 4.27. The van der Waals surface area contributed by atoms with Gasteiger partial charge in [-0.25, -0.2) is 0 Å². The summed E-state index contributed by atoms with van der Waals surface area (Å²) in [6.45, 7) is 6.21. The van der Waals surface area contributed by atoms with E-state index < -0.39 is 0 Å². The first-order valence-corrected chi connectivity index (χ1v) is 9.33. The van der Waals surface area contributed by atoms with Crippen LogP contribution in [0.1, 0.15) is 63.5 Å². The topological polar surface area (TPSA) is 29.5 Å². The molecule has 3 rings (SSSR count). The Bertz CT molecular complexity index is 688. The van der Waals surface area contributed by atoms with Crippen LogP contribution in [-0.2, 0) is 6.42 Å². The predicted molar refractivity (Wildman–Crippen MR) is 100 cm³/mol. The first kappa shape index (κ1) is 18.0. The number of halogens is 1. The van der Waals surface area contributed by atoms with Crippen molar-refractivity contribution >= 4 is 0 Å². The molecule has 2 atom stereocenters. The highest BCUT2D eigenvalue weighted by Gasteiger charge is 2.45. The van der Waals surface area contributed by atoms with Crippen molar-refractivity contribution in [3.63, 3.8) is 0 Å². The standard InChI is InChI=1S/C22H29FO2/c1-15-9-10-18-17(12-15)21-19(24)13-16(8-6-4-5-7-11-23)14-20(21)25-22(18,2)3/h4,6,9,13-14,17-18,24H,5,7-8,10-12H2,1-3H3/b6-4+. The van der Waals surface area contributed by atoms with Gasteiger partial charge >= 0.3 is 0 Å². The fourth-order valence-electron chi connectivity index (χ4n) is 4.27. The van der Waals surface area contributed by atoms with Crippen LogP contribution < -0.4 is 4.74 Å². The molecule has 1 aliphatic carbocycles. The van der Waals surface area contributed by atoms with E-state index in [1.54, 1.807) is 0 Å². The molecule has 0 radical (unpaired) electrons. The van der Waals surface area contributed by atoms with Gasteiger partial charge < -0.3 is 9.84 Å². The van der Waals surface area contributed by atoms with Crippen molar-refractivity contribution < 1.29 is 14.2 Å². The van der Waals surface area contributed by atoms with Gasteiger partial charge in [0, 0.05) is 17.4 Å². The lowest BCUT2D eigenvalue weighted by atomic mass is 9.67. The number of phenols is 1. The van der Waals surface area contributed by atoms with Crippen molar-refractivity contribution in [2.24, 2.45) is 5.92 Å². The van der Waals surface area contributed by atoms with Crippen molar-refractivity contribution in [1.82, 2.24) is 0 Å². The van der Waals surface area contributed by atoms with E-state index in [0.29, 0.717) is 24.0 Å². The van der Waals surface area contributed by atoms with Crippen LogP contribution in [0, 0.1) is 5.92 Å². The minimum Gasteiger partial charge on any atom is -0.508 e. The third-order valence-electron chi connectivity index (χ3n) is 5.59. The first-order valence-electron chi connectivity index (χ1n) is 9.33. The summed E-state index contributed by atoms with van der Waals surface area (Å²) in [5, 5.41) is 10.7. The summed E-state index contributed by atoms with van der Waals surface area (Å²) in [5.74, 6) is 1.89. The second-order valence-corrected chi connectivity index (χ2v) is 7.94. The number of rotatable bonds is 5. The summed E-state index contributed by atoms with van der Waals surface area (Å²) >= 11 is 0. The lowest BCUT2D eigenvalue weighted by Crippen LogP contribution is -2.45. The zero-order valence-corrected chi connectivity index (χ0v) is 15.5. The van der Waals surface area contributed by atoms with Crippen molar-refractivity contribution in [2.75, 3.05) is 6.67 Å². The van der Waals surface area contributed by atoms with Gasteiger partial charge in [-0.05, 0) is 70.6 Å². The van der Waals surface area contributed by atoms with Crippen LogP contribution in [0.15, 0.2) is 35.9 Å². The zero-order chi connectivity index (χ0) is 18.0. The molecule has 0 fully saturated rings. The predicted octanol–water partition coefficient (Wildman–Crippen LogP) is 5.85. The Labute approximate surface area is 150 Å². The number of allylic oxidation sites excluding steroid dienone is 4. The molecular weight excluding hydrogens is 315 g/mol. The quantitative estimate of drug-likeness (QED) is 0.536. The van der Waals surface area contributed by atoms with Gasteiger partial charge in [0.05, 0.1) is 6.67 Å². The first-order chi connectivity index (χ1) is 11.9. The van der Waals surface area contributed by atoms with E-state index >= 15 is 0 Å². The molecule has 0 amide bonds. The number of hydrogen-bond donors (Lipinski definition) is 1. The molecule has 3 heteroatoms. The summed E-state index contributed by atoms with van der Waals surface area (Å²) in [6.07, 6.45) is 10.4. The maximum Gasteiger partial charge on any atom is 0.127 e. The number of fused-ring (bicyclic) bond motifs is 3. The Kier molecular flexibility index (Phi) is 5.21. The maximum atomic E-state index is 12.1. The molecule has 2 nitrogen and oxygen atoms in total. The van der Waals surface area contributed by atoms with E-state index in [9.17, 15) is 9.50 Å². The van der Waals surface area contributed by atoms with Gasteiger partial charge in [0.1, 0.15) is 17.1 Å². The van der Waals surface area contributed by atoms with Crippen LogP contribution >= 0.6 is 0 Å². The minimum atomic E-state index is -0.274. The highest BCUT2D eigenvalue weighted by Crippen LogP contribution is 2.54. The molecule has 0 aromatic heterocycles. The molecule has 1 N–H and O–H groups in total. The number of benzene rings is 1.